The fraction of sp³-hybridized carbons (Fsp3) is 0.368. The molecular weight excluding hydrogens is 398 g/mol. The molecule has 0 radical (unpaired) electrons. The van der Waals surface area contributed by atoms with Gasteiger partial charge in [-0.3, -0.25) is 9.59 Å². The molecule has 0 aliphatic carbocycles. The minimum absolute atomic E-state index is 0.0289. The molecule has 1 amide bonds. The van der Waals surface area contributed by atoms with Gasteiger partial charge in [0.25, 0.3) is 0 Å². The summed E-state index contributed by atoms with van der Waals surface area (Å²) in [7, 11) is 0. The summed E-state index contributed by atoms with van der Waals surface area (Å²) >= 11 is 0.917. The average molecular weight is 417 g/mol. The van der Waals surface area contributed by atoms with Crippen molar-refractivity contribution in [1.29, 1.82) is 5.26 Å². The SMILES string of the molecule is CCOC(=O)c1sc(N)c(C#N)c1COC(=O)[C@@H]1CC(=O)N(Cc2ccco2)C1. The number of rotatable bonds is 7. The van der Waals surface area contributed by atoms with Gasteiger partial charge in [0, 0.05) is 18.5 Å². The van der Waals surface area contributed by atoms with Crippen LogP contribution >= 0.6 is 11.3 Å². The number of carbonyl (C=O) groups is 3. The maximum absolute atomic E-state index is 12.5. The van der Waals surface area contributed by atoms with Gasteiger partial charge in [0.15, 0.2) is 0 Å². The van der Waals surface area contributed by atoms with E-state index < -0.39 is 17.9 Å². The zero-order chi connectivity index (χ0) is 21.0. The molecule has 1 fully saturated rings. The Morgan fingerprint density at radius 3 is 2.90 bits per heavy atom. The zero-order valence-corrected chi connectivity index (χ0v) is 16.5. The number of thiophene rings is 1. The number of hydrogen-bond donors (Lipinski definition) is 1. The number of hydrogen-bond acceptors (Lipinski definition) is 9. The topological polar surface area (TPSA) is 136 Å². The number of nitrogens with zero attached hydrogens (tertiary/aromatic N) is 2. The van der Waals surface area contributed by atoms with Crippen LogP contribution in [0.1, 0.15) is 39.9 Å². The van der Waals surface area contributed by atoms with E-state index in [4.69, 9.17) is 19.6 Å². The first-order valence-electron chi connectivity index (χ1n) is 8.89. The van der Waals surface area contributed by atoms with Gasteiger partial charge >= 0.3 is 11.9 Å². The lowest BCUT2D eigenvalue weighted by atomic mass is 10.1. The number of ether oxygens (including phenoxy) is 2. The Kier molecular flexibility index (Phi) is 6.19. The van der Waals surface area contributed by atoms with Gasteiger partial charge in [0.2, 0.25) is 5.91 Å². The highest BCUT2D eigenvalue weighted by Crippen LogP contribution is 2.32. The molecule has 2 aromatic rings. The Bertz CT molecular complexity index is 959. The molecule has 2 N–H and O–H groups in total. The van der Waals surface area contributed by atoms with Crippen LogP contribution in [0.5, 0.6) is 0 Å². The number of furan rings is 1. The molecule has 0 spiro atoms. The number of carbonyl (C=O) groups excluding carboxylic acids is 3. The quantitative estimate of drug-likeness (QED) is 0.676. The molecule has 1 aliphatic rings. The number of amides is 1. The van der Waals surface area contributed by atoms with Crippen LogP contribution in [-0.2, 0) is 32.2 Å². The highest BCUT2D eigenvalue weighted by atomic mass is 32.1. The Labute approximate surface area is 170 Å². The van der Waals surface area contributed by atoms with E-state index in [1.165, 1.54) is 11.2 Å². The molecule has 3 heterocycles. The van der Waals surface area contributed by atoms with Gasteiger partial charge in [-0.2, -0.15) is 5.26 Å². The molecule has 29 heavy (non-hydrogen) atoms. The Hall–Kier alpha value is -3.32. The summed E-state index contributed by atoms with van der Waals surface area (Å²) < 4.78 is 15.5. The second-order valence-corrected chi connectivity index (χ2v) is 7.40. The summed E-state index contributed by atoms with van der Waals surface area (Å²) in [4.78, 5) is 38.4. The second kappa shape index (κ2) is 8.79. The Morgan fingerprint density at radius 1 is 1.45 bits per heavy atom. The standard InChI is InChI=1S/C19H19N3O6S/c1-2-26-19(25)16-14(13(7-20)17(21)29-16)10-28-18(24)11-6-15(23)22(8-11)9-12-4-3-5-27-12/h3-5,11H,2,6,8-10,21H2,1H3/t11-/m1/s1. The predicted molar refractivity (Wildman–Crippen MR) is 101 cm³/mol. The zero-order valence-electron chi connectivity index (χ0n) is 15.7. The van der Waals surface area contributed by atoms with Gasteiger partial charge in [-0.1, -0.05) is 0 Å². The maximum Gasteiger partial charge on any atom is 0.348 e. The number of likely N-dealkylation sites (tertiary alicyclic amines) is 1. The van der Waals surface area contributed by atoms with Crippen LogP contribution in [0.3, 0.4) is 0 Å². The van der Waals surface area contributed by atoms with Gasteiger partial charge in [-0.25, -0.2) is 4.79 Å². The first-order valence-corrected chi connectivity index (χ1v) is 9.71. The van der Waals surface area contributed by atoms with E-state index in [1.54, 1.807) is 19.1 Å². The minimum atomic E-state index is -0.634. The normalized spacial score (nSPS) is 15.9. The van der Waals surface area contributed by atoms with Crippen molar-refractivity contribution in [3.05, 3.63) is 40.2 Å². The van der Waals surface area contributed by atoms with Crippen LogP contribution < -0.4 is 5.73 Å². The van der Waals surface area contributed by atoms with Gasteiger partial charge in [0.1, 0.15) is 28.3 Å². The fourth-order valence-corrected chi connectivity index (χ4v) is 3.96. The van der Waals surface area contributed by atoms with Crippen molar-refractivity contribution in [2.45, 2.75) is 26.5 Å². The van der Waals surface area contributed by atoms with Crippen LogP contribution in [-0.4, -0.2) is 35.9 Å². The van der Waals surface area contributed by atoms with Crippen molar-refractivity contribution in [1.82, 2.24) is 4.90 Å². The molecular formula is C19H19N3O6S. The largest absolute Gasteiger partial charge is 0.467 e. The summed E-state index contributed by atoms with van der Waals surface area (Å²) in [6.45, 7) is 2.01. The van der Waals surface area contributed by atoms with Crippen molar-refractivity contribution in [2.24, 2.45) is 5.92 Å². The van der Waals surface area contributed by atoms with E-state index >= 15 is 0 Å². The number of anilines is 1. The first-order chi connectivity index (χ1) is 13.9. The first kappa shape index (κ1) is 20.4. The van der Waals surface area contributed by atoms with Crippen LogP contribution in [0.4, 0.5) is 5.00 Å². The molecule has 2 aromatic heterocycles. The summed E-state index contributed by atoms with van der Waals surface area (Å²) in [5, 5.41) is 9.47. The summed E-state index contributed by atoms with van der Waals surface area (Å²) in [6, 6.07) is 5.40. The average Bonchev–Trinajstić information content (AvgIpc) is 3.40. The monoisotopic (exact) mass is 417 g/mol. The number of nitrogen functional groups attached to an aromatic ring is 1. The third-order valence-electron chi connectivity index (χ3n) is 4.44. The van der Waals surface area contributed by atoms with Crippen molar-refractivity contribution < 1.29 is 28.3 Å². The van der Waals surface area contributed by atoms with E-state index in [2.05, 4.69) is 0 Å². The van der Waals surface area contributed by atoms with Crippen molar-refractivity contribution in [2.75, 3.05) is 18.9 Å². The van der Waals surface area contributed by atoms with E-state index in [0.717, 1.165) is 11.3 Å². The molecule has 0 unspecified atom stereocenters. The van der Waals surface area contributed by atoms with Gasteiger partial charge < -0.3 is 24.5 Å². The number of nitrogens with two attached hydrogens (primary N) is 1. The van der Waals surface area contributed by atoms with Gasteiger partial charge in [-0.05, 0) is 19.1 Å². The Morgan fingerprint density at radius 2 is 2.24 bits per heavy atom. The van der Waals surface area contributed by atoms with E-state index in [-0.39, 0.29) is 59.6 Å². The molecule has 1 aliphatic heterocycles. The molecule has 1 atom stereocenters. The van der Waals surface area contributed by atoms with Crippen LogP contribution in [0.15, 0.2) is 22.8 Å². The van der Waals surface area contributed by atoms with Crippen LogP contribution in [0, 0.1) is 17.2 Å². The lowest BCUT2D eigenvalue weighted by Gasteiger charge is -2.14. The molecule has 10 heteroatoms. The van der Waals surface area contributed by atoms with E-state index in [0.29, 0.717) is 5.76 Å². The maximum atomic E-state index is 12.5. The lowest BCUT2D eigenvalue weighted by Crippen LogP contribution is -2.26. The number of esters is 2. The predicted octanol–water partition coefficient (Wildman–Crippen LogP) is 2.06. The number of nitriles is 1. The second-order valence-electron chi connectivity index (χ2n) is 6.34. The van der Waals surface area contributed by atoms with Crippen LogP contribution in [0.25, 0.3) is 0 Å². The van der Waals surface area contributed by atoms with Crippen molar-refractivity contribution in [3.8, 4) is 6.07 Å². The van der Waals surface area contributed by atoms with E-state index in [9.17, 15) is 19.6 Å². The molecule has 9 nitrogen and oxygen atoms in total. The molecule has 0 bridgehead atoms. The summed E-state index contributed by atoms with van der Waals surface area (Å²) in [5.41, 5.74) is 6.11. The molecule has 152 valence electrons. The molecule has 3 rings (SSSR count). The van der Waals surface area contributed by atoms with Gasteiger partial charge in [-0.15, -0.1) is 11.3 Å². The fourth-order valence-electron chi connectivity index (χ4n) is 3.04. The highest BCUT2D eigenvalue weighted by Gasteiger charge is 2.36. The summed E-state index contributed by atoms with van der Waals surface area (Å²) in [6.07, 6.45) is 1.54. The summed E-state index contributed by atoms with van der Waals surface area (Å²) in [5.74, 6) is -1.39. The van der Waals surface area contributed by atoms with Crippen LogP contribution in [0.2, 0.25) is 0 Å². The van der Waals surface area contributed by atoms with Gasteiger partial charge in [0.05, 0.1) is 30.9 Å². The van der Waals surface area contributed by atoms with Crippen molar-refractivity contribution >= 4 is 34.2 Å². The van der Waals surface area contributed by atoms with E-state index in [1.807, 2.05) is 6.07 Å². The highest BCUT2D eigenvalue weighted by molar-refractivity contribution is 7.18. The third kappa shape index (κ3) is 4.41. The molecule has 0 saturated carbocycles. The van der Waals surface area contributed by atoms with Crippen molar-refractivity contribution in [3.63, 3.8) is 0 Å². The third-order valence-corrected chi connectivity index (χ3v) is 5.48. The minimum Gasteiger partial charge on any atom is -0.467 e. The molecule has 0 aromatic carbocycles. The molecule has 1 saturated heterocycles. The lowest BCUT2D eigenvalue weighted by molar-refractivity contribution is -0.149. The Balaban J connectivity index is 1.66. The smallest absolute Gasteiger partial charge is 0.348 e.